The Morgan fingerprint density at radius 2 is 2.03 bits per heavy atom. The van der Waals surface area contributed by atoms with Crippen LogP contribution in [0.25, 0.3) is 10.9 Å². The van der Waals surface area contributed by atoms with Gasteiger partial charge in [-0.2, -0.15) is 5.10 Å². The summed E-state index contributed by atoms with van der Waals surface area (Å²) in [5.41, 5.74) is 7.26. The number of aryl methyl sites for hydroxylation is 1. The highest BCUT2D eigenvalue weighted by Gasteiger charge is 2.56. The van der Waals surface area contributed by atoms with Crippen molar-refractivity contribution >= 4 is 51.8 Å². The quantitative estimate of drug-likeness (QED) is 0.635. The van der Waals surface area contributed by atoms with Gasteiger partial charge in [-0.25, -0.2) is 0 Å². The number of alkyl halides is 2. The molecular weight excluding hydrogens is 441 g/mol. The summed E-state index contributed by atoms with van der Waals surface area (Å²) in [7, 11) is 0. The minimum atomic E-state index is -0.752. The zero-order chi connectivity index (χ0) is 22.1. The minimum Gasteiger partial charge on any atom is -0.364 e. The minimum absolute atomic E-state index is 0.0470. The van der Waals surface area contributed by atoms with E-state index in [1.54, 1.807) is 11.0 Å². The van der Waals surface area contributed by atoms with Crippen molar-refractivity contribution in [1.82, 2.24) is 20.0 Å². The molecule has 1 saturated heterocycles. The first kappa shape index (κ1) is 20.6. The van der Waals surface area contributed by atoms with Crippen molar-refractivity contribution in [3.63, 3.8) is 0 Å². The van der Waals surface area contributed by atoms with E-state index in [4.69, 9.17) is 28.9 Å². The number of likely N-dealkylation sites (tertiary alicyclic amines) is 1. The fourth-order valence-corrected chi connectivity index (χ4v) is 5.20. The molecule has 2 aliphatic carbocycles. The van der Waals surface area contributed by atoms with Gasteiger partial charge in [-0.1, -0.05) is 12.1 Å². The second-order valence-electron chi connectivity index (χ2n) is 8.91. The van der Waals surface area contributed by atoms with Gasteiger partial charge in [-0.05, 0) is 43.7 Å². The van der Waals surface area contributed by atoms with E-state index in [1.807, 2.05) is 19.1 Å². The molecule has 0 radical (unpaired) electrons. The molecule has 2 saturated carbocycles. The number of carbonyl (C=O) groups is 3. The average molecular weight is 464 g/mol. The Morgan fingerprint density at radius 1 is 1.29 bits per heavy atom. The summed E-state index contributed by atoms with van der Waals surface area (Å²) in [6, 6.07) is 5.11. The van der Waals surface area contributed by atoms with Crippen molar-refractivity contribution in [1.29, 1.82) is 0 Å². The van der Waals surface area contributed by atoms with E-state index in [2.05, 4.69) is 10.4 Å². The predicted octanol–water partition coefficient (Wildman–Crippen LogP) is 1.74. The van der Waals surface area contributed by atoms with Crippen molar-refractivity contribution in [2.24, 2.45) is 17.6 Å². The van der Waals surface area contributed by atoms with Crippen LogP contribution < -0.4 is 11.1 Å². The molecule has 10 heteroatoms. The van der Waals surface area contributed by atoms with E-state index in [0.29, 0.717) is 36.2 Å². The normalized spacial score (nSPS) is 27.8. The van der Waals surface area contributed by atoms with Gasteiger partial charge < -0.3 is 16.0 Å². The second kappa shape index (κ2) is 7.10. The second-order valence-corrected chi connectivity index (χ2v) is 10.5. The van der Waals surface area contributed by atoms with Gasteiger partial charge in [0.25, 0.3) is 5.91 Å². The molecule has 3 amide bonds. The van der Waals surface area contributed by atoms with E-state index >= 15 is 0 Å². The first-order chi connectivity index (χ1) is 14.7. The molecule has 0 spiro atoms. The number of benzene rings is 1. The highest BCUT2D eigenvalue weighted by molar-refractivity contribution is 6.50. The molecule has 1 aliphatic heterocycles. The summed E-state index contributed by atoms with van der Waals surface area (Å²) in [6.45, 7) is 2.27. The fraction of sp³-hybridized carbons (Fsp3) is 0.524. The summed E-state index contributed by atoms with van der Waals surface area (Å²) in [6.07, 6.45) is 2.23. The molecule has 31 heavy (non-hydrogen) atoms. The number of piperidine rings is 1. The van der Waals surface area contributed by atoms with Crippen LogP contribution in [0.3, 0.4) is 0 Å². The highest BCUT2D eigenvalue weighted by atomic mass is 35.5. The first-order valence-electron chi connectivity index (χ1n) is 10.4. The van der Waals surface area contributed by atoms with E-state index in [0.717, 1.165) is 12.0 Å². The molecule has 0 unspecified atom stereocenters. The third kappa shape index (κ3) is 3.65. The molecule has 8 nitrogen and oxygen atoms in total. The molecular formula is C21H23Cl2N5O3. The topological polar surface area (TPSA) is 110 Å². The lowest BCUT2D eigenvalue weighted by molar-refractivity contribution is -0.140. The SMILES string of the molecule is Cc1ccc2c(C(N)=O)nn(CC(=O)N3[C@@H]4C[C@@H]4C[C@H]3C(=O)NC[C@H]3CC3(Cl)Cl)c2c1. The van der Waals surface area contributed by atoms with Crippen LogP contribution in [-0.2, 0) is 16.1 Å². The van der Waals surface area contributed by atoms with Crippen molar-refractivity contribution in [2.75, 3.05) is 6.54 Å². The van der Waals surface area contributed by atoms with Gasteiger partial charge in [-0.3, -0.25) is 19.1 Å². The summed E-state index contributed by atoms with van der Waals surface area (Å²) in [4.78, 5) is 39.6. The van der Waals surface area contributed by atoms with Gasteiger partial charge in [0, 0.05) is 23.9 Å². The lowest BCUT2D eigenvalue weighted by Gasteiger charge is -2.27. The Kier molecular flexibility index (Phi) is 4.71. The number of amides is 3. The molecule has 3 aliphatic rings. The third-order valence-corrected chi connectivity index (χ3v) is 7.52. The van der Waals surface area contributed by atoms with Crippen molar-refractivity contribution in [2.45, 2.75) is 49.1 Å². The maximum atomic E-state index is 13.3. The summed E-state index contributed by atoms with van der Waals surface area (Å²) >= 11 is 12.1. The number of nitrogens with one attached hydrogen (secondary N) is 1. The monoisotopic (exact) mass is 463 g/mol. The smallest absolute Gasteiger partial charge is 0.269 e. The van der Waals surface area contributed by atoms with E-state index in [-0.39, 0.29) is 36.0 Å². The van der Waals surface area contributed by atoms with Crippen LogP contribution >= 0.6 is 23.2 Å². The molecule has 3 fully saturated rings. The molecule has 0 bridgehead atoms. The third-order valence-electron chi connectivity index (χ3n) is 6.60. The van der Waals surface area contributed by atoms with Gasteiger partial charge >= 0.3 is 0 Å². The van der Waals surface area contributed by atoms with Crippen molar-refractivity contribution in [3.8, 4) is 0 Å². The van der Waals surface area contributed by atoms with Gasteiger partial charge in [0.15, 0.2) is 5.69 Å². The van der Waals surface area contributed by atoms with Crippen LogP contribution in [0.1, 0.15) is 35.3 Å². The van der Waals surface area contributed by atoms with Crippen LogP contribution in [-0.4, -0.2) is 55.4 Å². The molecule has 1 aromatic carbocycles. The van der Waals surface area contributed by atoms with E-state index < -0.39 is 16.3 Å². The lowest BCUT2D eigenvalue weighted by Crippen LogP contribution is -2.49. The predicted molar refractivity (Wildman–Crippen MR) is 116 cm³/mol. The van der Waals surface area contributed by atoms with Gasteiger partial charge in [0.1, 0.15) is 16.9 Å². The number of hydrogen-bond acceptors (Lipinski definition) is 4. The summed E-state index contributed by atoms with van der Waals surface area (Å²) < 4.78 is 0.757. The molecule has 5 rings (SSSR count). The van der Waals surface area contributed by atoms with Crippen LogP contribution in [0.2, 0.25) is 0 Å². The Bertz CT molecular complexity index is 1110. The van der Waals surface area contributed by atoms with Crippen LogP contribution in [0.5, 0.6) is 0 Å². The molecule has 4 atom stereocenters. The number of primary amides is 1. The van der Waals surface area contributed by atoms with Crippen molar-refractivity contribution < 1.29 is 14.4 Å². The number of carbonyl (C=O) groups excluding carboxylic acids is 3. The Labute approximate surface area is 189 Å². The van der Waals surface area contributed by atoms with Crippen LogP contribution in [0.4, 0.5) is 0 Å². The van der Waals surface area contributed by atoms with E-state index in [1.165, 1.54) is 4.68 Å². The zero-order valence-electron chi connectivity index (χ0n) is 17.0. The first-order valence-corrected chi connectivity index (χ1v) is 11.1. The Hall–Kier alpha value is -2.32. The zero-order valence-corrected chi connectivity index (χ0v) is 18.5. The van der Waals surface area contributed by atoms with Crippen LogP contribution in [0, 0.1) is 18.8 Å². The maximum Gasteiger partial charge on any atom is 0.269 e. The molecule has 164 valence electrons. The fourth-order valence-electron chi connectivity index (χ4n) is 4.68. The molecule has 2 heterocycles. The number of nitrogens with zero attached hydrogens (tertiary/aromatic N) is 3. The number of hydrogen-bond donors (Lipinski definition) is 2. The number of nitrogens with two attached hydrogens (primary N) is 1. The summed E-state index contributed by atoms with van der Waals surface area (Å²) in [5.74, 6) is -0.599. The number of aromatic nitrogens is 2. The largest absolute Gasteiger partial charge is 0.364 e. The molecule has 3 N–H and O–H groups in total. The Morgan fingerprint density at radius 3 is 2.71 bits per heavy atom. The van der Waals surface area contributed by atoms with Crippen LogP contribution in [0.15, 0.2) is 18.2 Å². The molecule has 2 aromatic rings. The summed E-state index contributed by atoms with van der Waals surface area (Å²) in [5, 5.41) is 7.81. The van der Waals surface area contributed by atoms with Gasteiger partial charge in [0.2, 0.25) is 11.8 Å². The Balaban J connectivity index is 1.34. The van der Waals surface area contributed by atoms with Gasteiger partial charge in [-0.15, -0.1) is 23.2 Å². The molecule has 1 aromatic heterocycles. The number of halogens is 2. The number of rotatable bonds is 6. The maximum absolute atomic E-state index is 13.3. The standard InChI is InChI=1S/C21H23Cl2N5O3/c1-10-2-3-13-15(4-10)27(26-18(13)19(24)30)9-17(29)28-14-5-11(14)6-16(28)20(31)25-8-12-7-21(12,22)23/h2-4,11-12,14,16H,5-9H2,1H3,(H2,24,30)(H,25,31)/t11-,12-,14-,16+/m1/s1. The average Bonchev–Trinajstić information content (AvgIpc) is 3.50. The highest BCUT2D eigenvalue weighted by Crippen LogP contribution is 2.53. The number of fused-ring (bicyclic) bond motifs is 2. The lowest BCUT2D eigenvalue weighted by atomic mass is 10.1. The van der Waals surface area contributed by atoms with E-state index in [9.17, 15) is 14.4 Å². The van der Waals surface area contributed by atoms with Crippen molar-refractivity contribution in [3.05, 3.63) is 29.5 Å². The van der Waals surface area contributed by atoms with Gasteiger partial charge in [0.05, 0.1) is 5.52 Å².